The highest BCUT2D eigenvalue weighted by Gasteiger charge is 2.38. The van der Waals surface area contributed by atoms with Crippen LogP contribution in [0.25, 0.3) is 0 Å². The van der Waals surface area contributed by atoms with Crippen molar-refractivity contribution >= 4 is 11.6 Å². The number of aliphatic hydroxyl groups excluding tert-OH is 1. The zero-order valence-corrected chi connectivity index (χ0v) is 10.0. The van der Waals surface area contributed by atoms with Gasteiger partial charge in [-0.3, -0.25) is 0 Å². The number of halogens is 3. The molecule has 1 atom stereocenters. The maximum Gasteiger partial charge on any atom is 0.416 e. The molecule has 0 amide bonds. The Balaban J connectivity index is 2.82. The van der Waals surface area contributed by atoms with Gasteiger partial charge in [0.2, 0.25) is 0 Å². The van der Waals surface area contributed by atoms with E-state index in [1.54, 1.807) is 13.8 Å². The van der Waals surface area contributed by atoms with Crippen LogP contribution in [-0.4, -0.2) is 33.9 Å². The maximum absolute atomic E-state index is 12.1. The van der Waals surface area contributed by atoms with Gasteiger partial charge in [-0.25, -0.2) is 9.97 Å². The number of nitrogens with zero attached hydrogens (tertiary/aromatic N) is 2. The number of nitrogens with one attached hydrogen (secondary N) is 1. The van der Waals surface area contributed by atoms with Crippen molar-refractivity contribution in [3.8, 4) is 0 Å². The summed E-state index contributed by atoms with van der Waals surface area (Å²) < 4.78 is 36.4. The summed E-state index contributed by atoms with van der Waals surface area (Å²) in [5.74, 6) is 0.857. The number of alkyl halides is 3. The largest absolute Gasteiger partial charge is 0.416 e. The maximum atomic E-state index is 12.1. The zero-order valence-electron chi connectivity index (χ0n) is 10.0. The summed E-state index contributed by atoms with van der Waals surface area (Å²) in [5.41, 5.74) is 6.07. The van der Waals surface area contributed by atoms with E-state index < -0.39 is 18.8 Å². The van der Waals surface area contributed by atoms with Crippen LogP contribution in [0.15, 0.2) is 0 Å². The smallest absolute Gasteiger partial charge is 0.383 e. The van der Waals surface area contributed by atoms with E-state index in [1.165, 1.54) is 0 Å². The van der Waals surface area contributed by atoms with Gasteiger partial charge in [-0.2, -0.15) is 13.2 Å². The van der Waals surface area contributed by atoms with E-state index in [0.717, 1.165) is 0 Å². The monoisotopic (exact) mass is 264 g/mol. The van der Waals surface area contributed by atoms with Crippen LogP contribution in [0, 0.1) is 6.92 Å². The van der Waals surface area contributed by atoms with Gasteiger partial charge >= 0.3 is 6.18 Å². The normalized spacial score (nSPS) is 13.4. The van der Waals surface area contributed by atoms with Crippen molar-refractivity contribution in [2.45, 2.75) is 32.5 Å². The van der Waals surface area contributed by atoms with Crippen molar-refractivity contribution in [1.29, 1.82) is 0 Å². The summed E-state index contributed by atoms with van der Waals surface area (Å²) in [6.45, 7) is 2.72. The molecular formula is C10H15F3N4O. The molecule has 8 heteroatoms. The molecule has 0 aromatic carbocycles. The SMILES string of the molecule is CCc1nc(N)c(C)c(NCC(O)C(F)(F)F)n1. The number of hydrogen-bond acceptors (Lipinski definition) is 5. The van der Waals surface area contributed by atoms with Crippen molar-refractivity contribution < 1.29 is 18.3 Å². The molecule has 1 unspecified atom stereocenters. The van der Waals surface area contributed by atoms with E-state index in [4.69, 9.17) is 10.8 Å². The lowest BCUT2D eigenvalue weighted by atomic mass is 10.2. The highest BCUT2D eigenvalue weighted by molar-refractivity contribution is 5.54. The minimum atomic E-state index is -4.66. The van der Waals surface area contributed by atoms with Gasteiger partial charge in [0.1, 0.15) is 17.5 Å². The van der Waals surface area contributed by atoms with Gasteiger partial charge in [0, 0.05) is 12.0 Å². The molecule has 4 N–H and O–H groups in total. The lowest BCUT2D eigenvalue weighted by Gasteiger charge is -2.17. The number of rotatable bonds is 4. The number of aromatic nitrogens is 2. The highest BCUT2D eigenvalue weighted by atomic mass is 19.4. The van der Waals surface area contributed by atoms with E-state index in [0.29, 0.717) is 17.8 Å². The second-order valence-corrected chi connectivity index (χ2v) is 3.79. The fourth-order valence-corrected chi connectivity index (χ4v) is 1.22. The average Bonchev–Trinajstić information content (AvgIpc) is 2.29. The van der Waals surface area contributed by atoms with Gasteiger partial charge in [0.25, 0.3) is 0 Å². The van der Waals surface area contributed by atoms with E-state index in [1.807, 2.05) is 0 Å². The van der Waals surface area contributed by atoms with Crippen molar-refractivity contribution in [2.24, 2.45) is 0 Å². The molecular weight excluding hydrogens is 249 g/mol. The predicted molar refractivity (Wildman–Crippen MR) is 61.1 cm³/mol. The minimum Gasteiger partial charge on any atom is -0.383 e. The van der Waals surface area contributed by atoms with Crippen molar-refractivity contribution in [1.82, 2.24) is 9.97 Å². The fraction of sp³-hybridized carbons (Fsp3) is 0.600. The molecule has 0 saturated carbocycles. The molecule has 1 aromatic heterocycles. The van der Waals surface area contributed by atoms with Crippen molar-refractivity contribution in [3.63, 3.8) is 0 Å². The Kier molecular flexibility index (Phi) is 4.33. The van der Waals surface area contributed by atoms with Crippen LogP contribution in [0.2, 0.25) is 0 Å². The van der Waals surface area contributed by atoms with Crippen LogP contribution in [0.5, 0.6) is 0 Å². The van der Waals surface area contributed by atoms with E-state index in [-0.39, 0.29) is 11.6 Å². The molecule has 1 heterocycles. The Morgan fingerprint density at radius 3 is 2.50 bits per heavy atom. The van der Waals surface area contributed by atoms with E-state index >= 15 is 0 Å². The Labute approximate surface area is 102 Å². The second-order valence-electron chi connectivity index (χ2n) is 3.79. The topological polar surface area (TPSA) is 84.1 Å². The molecule has 5 nitrogen and oxygen atoms in total. The molecule has 18 heavy (non-hydrogen) atoms. The number of nitrogens with two attached hydrogens (primary N) is 1. The van der Waals surface area contributed by atoms with Gasteiger partial charge in [0.15, 0.2) is 6.10 Å². The van der Waals surface area contributed by atoms with Crippen LogP contribution >= 0.6 is 0 Å². The van der Waals surface area contributed by atoms with Gasteiger partial charge in [-0.05, 0) is 6.92 Å². The number of aliphatic hydroxyl groups is 1. The first-order valence-electron chi connectivity index (χ1n) is 5.37. The first-order chi connectivity index (χ1) is 8.25. The van der Waals surface area contributed by atoms with Crippen LogP contribution in [0.4, 0.5) is 24.8 Å². The zero-order chi connectivity index (χ0) is 13.9. The molecule has 1 aromatic rings. The summed E-state index contributed by atoms with van der Waals surface area (Å²) in [6.07, 6.45) is -6.59. The summed E-state index contributed by atoms with van der Waals surface area (Å²) >= 11 is 0. The Morgan fingerprint density at radius 2 is 2.00 bits per heavy atom. The Hall–Kier alpha value is -1.57. The van der Waals surface area contributed by atoms with Gasteiger partial charge < -0.3 is 16.2 Å². The summed E-state index contributed by atoms with van der Waals surface area (Å²) in [6, 6.07) is 0. The third-order valence-electron chi connectivity index (χ3n) is 2.39. The Bertz CT molecular complexity index is 422. The number of aryl methyl sites for hydroxylation is 1. The molecule has 0 fully saturated rings. The quantitative estimate of drug-likeness (QED) is 0.762. The molecule has 0 saturated heterocycles. The van der Waals surface area contributed by atoms with Crippen LogP contribution < -0.4 is 11.1 Å². The standard InChI is InChI=1S/C10H15F3N4O/c1-3-7-16-8(14)5(2)9(17-7)15-4-6(18)10(11,12)13/h6,18H,3-4H2,1-2H3,(H3,14,15,16,17). The highest BCUT2D eigenvalue weighted by Crippen LogP contribution is 2.22. The first kappa shape index (κ1) is 14.5. The van der Waals surface area contributed by atoms with Crippen molar-refractivity contribution in [3.05, 3.63) is 11.4 Å². The third-order valence-corrected chi connectivity index (χ3v) is 2.39. The molecule has 1 rings (SSSR count). The van der Waals surface area contributed by atoms with E-state index in [2.05, 4.69) is 15.3 Å². The fourth-order valence-electron chi connectivity index (χ4n) is 1.22. The van der Waals surface area contributed by atoms with Gasteiger partial charge in [-0.15, -0.1) is 0 Å². The lowest BCUT2D eigenvalue weighted by molar-refractivity contribution is -0.198. The molecule has 0 radical (unpaired) electrons. The third kappa shape index (κ3) is 3.46. The molecule has 0 aliphatic heterocycles. The minimum absolute atomic E-state index is 0.211. The lowest BCUT2D eigenvalue weighted by Crippen LogP contribution is -2.35. The van der Waals surface area contributed by atoms with Crippen LogP contribution in [-0.2, 0) is 6.42 Å². The molecule has 102 valence electrons. The summed E-state index contributed by atoms with van der Waals surface area (Å²) in [4.78, 5) is 7.99. The Morgan fingerprint density at radius 1 is 1.39 bits per heavy atom. The first-order valence-corrected chi connectivity index (χ1v) is 5.37. The number of anilines is 2. The number of hydrogen-bond donors (Lipinski definition) is 3. The average molecular weight is 264 g/mol. The molecule has 0 bridgehead atoms. The van der Waals surface area contributed by atoms with Crippen molar-refractivity contribution in [2.75, 3.05) is 17.6 Å². The second kappa shape index (κ2) is 5.38. The molecule has 0 aliphatic rings. The molecule has 0 aliphatic carbocycles. The van der Waals surface area contributed by atoms with Gasteiger partial charge in [-0.1, -0.05) is 6.92 Å². The summed E-state index contributed by atoms with van der Waals surface area (Å²) in [5, 5.41) is 11.3. The number of nitrogen functional groups attached to an aromatic ring is 1. The van der Waals surface area contributed by atoms with E-state index in [9.17, 15) is 13.2 Å². The summed E-state index contributed by atoms with van der Waals surface area (Å²) in [7, 11) is 0. The predicted octanol–water partition coefficient (Wildman–Crippen LogP) is 1.26. The molecule has 0 spiro atoms. The van der Waals surface area contributed by atoms with Gasteiger partial charge in [0.05, 0.1) is 6.54 Å². The van der Waals surface area contributed by atoms with Crippen LogP contribution in [0.3, 0.4) is 0 Å². The van der Waals surface area contributed by atoms with Crippen LogP contribution in [0.1, 0.15) is 18.3 Å².